The maximum absolute atomic E-state index is 12.3. The zero-order valence-corrected chi connectivity index (χ0v) is 15.2. The third-order valence-electron chi connectivity index (χ3n) is 3.99. The first kappa shape index (κ1) is 18.6. The van der Waals surface area contributed by atoms with Gasteiger partial charge < -0.3 is 19.5 Å². The highest BCUT2D eigenvalue weighted by Gasteiger charge is 2.15. The number of nitrogens with one attached hydrogen (secondary N) is 1. The zero-order chi connectivity index (χ0) is 18.2. The van der Waals surface area contributed by atoms with Crippen LogP contribution in [0.3, 0.4) is 0 Å². The first-order valence-electron chi connectivity index (χ1n) is 8.28. The van der Waals surface area contributed by atoms with E-state index >= 15 is 0 Å². The Kier molecular flexibility index (Phi) is 6.69. The summed E-state index contributed by atoms with van der Waals surface area (Å²) in [4.78, 5) is 12.3. The van der Waals surface area contributed by atoms with Crippen molar-refractivity contribution < 1.29 is 19.0 Å². The van der Waals surface area contributed by atoms with Crippen LogP contribution in [0.4, 0.5) is 0 Å². The van der Waals surface area contributed by atoms with Gasteiger partial charge in [0.2, 0.25) is 0 Å². The number of amides is 1. The van der Waals surface area contributed by atoms with E-state index in [1.165, 1.54) is 0 Å². The fourth-order valence-corrected chi connectivity index (χ4v) is 2.66. The monoisotopic (exact) mass is 343 g/mol. The molecule has 25 heavy (non-hydrogen) atoms. The number of para-hydroxylation sites is 2. The maximum Gasteiger partial charge on any atom is 0.258 e. The number of hydrogen-bond acceptors (Lipinski definition) is 4. The van der Waals surface area contributed by atoms with Crippen LogP contribution in [0.25, 0.3) is 0 Å². The van der Waals surface area contributed by atoms with Crippen LogP contribution in [0.5, 0.6) is 17.2 Å². The van der Waals surface area contributed by atoms with Crippen LogP contribution in [0.15, 0.2) is 42.5 Å². The maximum atomic E-state index is 12.3. The lowest BCUT2D eigenvalue weighted by Gasteiger charge is -2.19. The average molecular weight is 343 g/mol. The highest BCUT2D eigenvalue weighted by Crippen LogP contribution is 2.26. The van der Waals surface area contributed by atoms with Crippen LogP contribution in [-0.4, -0.2) is 26.7 Å². The SMILES string of the molecule is CCC(NC(=O)COc1ccccc1OC)c1ccc(OC)c(C)c1. The van der Waals surface area contributed by atoms with E-state index < -0.39 is 0 Å². The van der Waals surface area contributed by atoms with Gasteiger partial charge in [-0.05, 0) is 42.7 Å². The molecule has 1 N–H and O–H groups in total. The molecule has 2 aromatic rings. The van der Waals surface area contributed by atoms with Crippen molar-refractivity contribution in [2.75, 3.05) is 20.8 Å². The molecule has 0 spiro atoms. The normalized spacial score (nSPS) is 11.5. The Morgan fingerprint density at radius 3 is 2.32 bits per heavy atom. The third kappa shape index (κ3) is 4.89. The number of rotatable bonds is 8. The molecule has 134 valence electrons. The van der Waals surface area contributed by atoms with Gasteiger partial charge in [0.25, 0.3) is 5.91 Å². The largest absolute Gasteiger partial charge is 0.496 e. The molecule has 0 saturated carbocycles. The summed E-state index contributed by atoms with van der Waals surface area (Å²) in [5, 5.41) is 3.01. The summed E-state index contributed by atoms with van der Waals surface area (Å²) in [5.74, 6) is 1.82. The van der Waals surface area contributed by atoms with Gasteiger partial charge in [-0.2, -0.15) is 0 Å². The van der Waals surface area contributed by atoms with Crippen molar-refractivity contribution in [1.82, 2.24) is 5.32 Å². The molecule has 5 heteroatoms. The molecule has 5 nitrogen and oxygen atoms in total. The summed E-state index contributed by atoms with van der Waals surface area (Å²) in [7, 11) is 3.22. The molecule has 1 amide bonds. The van der Waals surface area contributed by atoms with Crippen LogP contribution >= 0.6 is 0 Å². The van der Waals surface area contributed by atoms with Gasteiger partial charge in [-0.1, -0.05) is 31.2 Å². The Balaban J connectivity index is 1.99. The Bertz CT molecular complexity index is 715. The second-order valence-electron chi connectivity index (χ2n) is 5.70. The molecular formula is C20H25NO4. The molecule has 0 bridgehead atoms. The molecule has 0 heterocycles. The van der Waals surface area contributed by atoms with E-state index in [9.17, 15) is 4.79 Å². The van der Waals surface area contributed by atoms with Gasteiger partial charge in [0, 0.05) is 0 Å². The number of ether oxygens (including phenoxy) is 3. The van der Waals surface area contributed by atoms with Crippen molar-refractivity contribution in [3.05, 3.63) is 53.6 Å². The zero-order valence-electron chi connectivity index (χ0n) is 15.2. The predicted octanol–water partition coefficient (Wildman–Crippen LogP) is 3.66. The summed E-state index contributed by atoms with van der Waals surface area (Å²) in [6, 6.07) is 13.1. The average Bonchev–Trinajstić information content (AvgIpc) is 2.64. The second kappa shape index (κ2) is 8.97. The minimum absolute atomic E-state index is 0.0635. The standard InChI is InChI=1S/C20H25NO4/c1-5-16(15-10-11-17(23-3)14(2)12-15)21-20(22)13-25-19-9-7-6-8-18(19)24-4/h6-12,16H,5,13H2,1-4H3,(H,21,22). The highest BCUT2D eigenvalue weighted by molar-refractivity contribution is 5.78. The van der Waals surface area contributed by atoms with Gasteiger partial charge in [-0.15, -0.1) is 0 Å². The third-order valence-corrected chi connectivity index (χ3v) is 3.99. The van der Waals surface area contributed by atoms with Gasteiger partial charge >= 0.3 is 0 Å². The summed E-state index contributed by atoms with van der Waals surface area (Å²) in [6.45, 7) is 3.96. The first-order valence-corrected chi connectivity index (χ1v) is 8.28. The van der Waals surface area contributed by atoms with Crippen molar-refractivity contribution in [2.45, 2.75) is 26.3 Å². The van der Waals surface area contributed by atoms with Gasteiger partial charge in [-0.3, -0.25) is 4.79 Å². The molecule has 1 atom stereocenters. The summed E-state index contributed by atoms with van der Waals surface area (Å²) >= 11 is 0. The molecule has 2 rings (SSSR count). The van der Waals surface area contributed by atoms with Crippen LogP contribution in [0.2, 0.25) is 0 Å². The lowest BCUT2D eigenvalue weighted by atomic mass is 10.0. The quantitative estimate of drug-likeness (QED) is 0.795. The van der Waals surface area contributed by atoms with Gasteiger partial charge in [0.15, 0.2) is 18.1 Å². The van der Waals surface area contributed by atoms with E-state index in [-0.39, 0.29) is 18.6 Å². The molecule has 0 aliphatic heterocycles. The van der Waals surface area contributed by atoms with E-state index in [2.05, 4.69) is 5.32 Å². The number of benzene rings is 2. The Hall–Kier alpha value is -2.69. The molecule has 0 aromatic heterocycles. The number of carbonyl (C=O) groups excluding carboxylic acids is 1. The molecule has 1 unspecified atom stereocenters. The molecule has 0 saturated heterocycles. The number of aryl methyl sites for hydroxylation is 1. The Labute approximate surface area is 148 Å². The van der Waals surface area contributed by atoms with Crippen LogP contribution < -0.4 is 19.5 Å². The van der Waals surface area contributed by atoms with E-state index in [1.54, 1.807) is 26.4 Å². The Morgan fingerprint density at radius 1 is 1.04 bits per heavy atom. The summed E-state index contributed by atoms with van der Waals surface area (Å²) < 4.78 is 16.1. The molecule has 2 aromatic carbocycles. The van der Waals surface area contributed by atoms with E-state index in [0.29, 0.717) is 11.5 Å². The van der Waals surface area contributed by atoms with Crippen molar-refractivity contribution in [3.63, 3.8) is 0 Å². The summed E-state index contributed by atoms with van der Waals surface area (Å²) in [5.41, 5.74) is 2.09. The van der Waals surface area contributed by atoms with Crippen LogP contribution in [0.1, 0.15) is 30.5 Å². The van der Waals surface area contributed by atoms with Gasteiger partial charge in [0.05, 0.1) is 20.3 Å². The van der Waals surface area contributed by atoms with Crippen LogP contribution in [0, 0.1) is 6.92 Å². The fraction of sp³-hybridized carbons (Fsp3) is 0.350. The summed E-state index contributed by atoms with van der Waals surface area (Å²) in [6.07, 6.45) is 0.784. The molecule has 0 aliphatic carbocycles. The van der Waals surface area contributed by atoms with Crippen molar-refractivity contribution in [2.24, 2.45) is 0 Å². The Morgan fingerprint density at radius 2 is 1.72 bits per heavy atom. The second-order valence-corrected chi connectivity index (χ2v) is 5.70. The van der Waals surface area contributed by atoms with E-state index in [0.717, 1.165) is 23.3 Å². The fourth-order valence-electron chi connectivity index (χ4n) is 2.66. The number of carbonyl (C=O) groups is 1. The topological polar surface area (TPSA) is 56.8 Å². The number of hydrogen-bond donors (Lipinski definition) is 1. The minimum Gasteiger partial charge on any atom is -0.496 e. The van der Waals surface area contributed by atoms with Crippen molar-refractivity contribution in [3.8, 4) is 17.2 Å². The first-order chi connectivity index (χ1) is 12.1. The minimum atomic E-state index is -0.175. The van der Waals surface area contributed by atoms with Crippen molar-refractivity contribution >= 4 is 5.91 Å². The predicted molar refractivity (Wildman–Crippen MR) is 97.4 cm³/mol. The smallest absolute Gasteiger partial charge is 0.258 e. The lowest BCUT2D eigenvalue weighted by Crippen LogP contribution is -2.32. The molecule has 0 radical (unpaired) electrons. The van der Waals surface area contributed by atoms with Crippen LogP contribution in [-0.2, 0) is 4.79 Å². The highest BCUT2D eigenvalue weighted by atomic mass is 16.5. The van der Waals surface area contributed by atoms with Crippen molar-refractivity contribution in [1.29, 1.82) is 0 Å². The molecular weight excluding hydrogens is 318 g/mol. The van der Waals surface area contributed by atoms with E-state index in [4.69, 9.17) is 14.2 Å². The number of methoxy groups -OCH3 is 2. The lowest BCUT2D eigenvalue weighted by molar-refractivity contribution is -0.123. The molecule has 0 fully saturated rings. The van der Waals surface area contributed by atoms with Gasteiger partial charge in [-0.25, -0.2) is 0 Å². The molecule has 0 aliphatic rings. The van der Waals surface area contributed by atoms with Gasteiger partial charge in [0.1, 0.15) is 5.75 Å². The van der Waals surface area contributed by atoms with E-state index in [1.807, 2.05) is 44.2 Å².